The third kappa shape index (κ3) is 2.64. The standard InChI is InChI=1S/C9H9BrN2O2S/c1-5(13)4-8-11-9(12-14-8)6-2-3-7(10)15-6/h2-3,5,13H,4H2,1H3. The Balaban J connectivity index is 2.20. The molecule has 0 spiro atoms. The quantitative estimate of drug-likeness (QED) is 0.943. The highest BCUT2D eigenvalue weighted by atomic mass is 79.9. The Labute approximate surface area is 99.1 Å². The molecule has 0 aromatic carbocycles. The summed E-state index contributed by atoms with van der Waals surface area (Å²) in [5.41, 5.74) is 0. The lowest BCUT2D eigenvalue weighted by molar-refractivity contribution is 0.181. The Morgan fingerprint density at radius 2 is 2.40 bits per heavy atom. The second kappa shape index (κ2) is 4.42. The molecule has 6 heteroatoms. The molecule has 80 valence electrons. The smallest absolute Gasteiger partial charge is 0.229 e. The first-order valence-electron chi connectivity index (χ1n) is 4.41. The maximum atomic E-state index is 9.16. The molecule has 1 atom stereocenters. The molecule has 2 heterocycles. The highest BCUT2D eigenvalue weighted by Crippen LogP contribution is 2.29. The number of aromatic nitrogens is 2. The summed E-state index contributed by atoms with van der Waals surface area (Å²) in [5.74, 6) is 1.03. The van der Waals surface area contributed by atoms with Crippen molar-refractivity contribution in [2.75, 3.05) is 0 Å². The summed E-state index contributed by atoms with van der Waals surface area (Å²) in [7, 11) is 0. The first kappa shape index (κ1) is 10.8. The Hall–Kier alpha value is -0.720. The van der Waals surface area contributed by atoms with Gasteiger partial charge in [-0.3, -0.25) is 0 Å². The molecule has 0 saturated carbocycles. The molecule has 0 aliphatic carbocycles. The molecule has 0 aliphatic rings. The molecule has 0 radical (unpaired) electrons. The van der Waals surface area contributed by atoms with E-state index in [9.17, 15) is 0 Å². The van der Waals surface area contributed by atoms with Crippen molar-refractivity contribution in [2.45, 2.75) is 19.4 Å². The van der Waals surface area contributed by atoms with Gasteiger partial charge in [-0.05, 0) is 35.0 Å². The number of aliphatic hydroxyl groups excluding tert-OH is 1. The highest BCUT2D eigenvalue weighted by Gasteiger charge is 2.11. The maximum Gasteiger partial charge on any atom is 0.229 e. The predicted octanol–water partition coefficient (Wildman–Crippen LogP) is 2.48. The van der Waals surface area contributed by atoms with E-state index in [0.29, 0.717) is 18.1 Å². The first-order valence-corrected chi connectivity index (χ1v) is 6.02. The third-order valence-corrected chi connectivity index (χ3v) is 3.35. The molecule has 2 aromatic rings. The normalized spacial score (nSPS) is 13.0. The molecular weight excluding hydrogens is 280 g/mol. The molecule has 0 aliphatic heterocycles. The molecule has 1 N–H and O–H groups in total. The molecule has 15 heavy (non-hydrogen) atoms. The van der Waals surface area contributed by atoms with E-state index in [1.54, 1.807) is 18.3 Å². The van der Waals surface area contributed by atoms with Crippen molar-refractivity contribution in [3.8, 4) is 10.7 Å². The Morgan fingerprint density at radius 3 is 3.00 bits per heavy atom. The van der Waals surface area contributed by atoms with Crippen molar-refractivity contribution >= 4 is 27.3 Å². The zero-order valence-corrected chi connectivity index (χ0v) is 10.4. The van der Waals surface area contributed by atoms with Gasteiger partial charge in [0.25, 0.3) is 0 Å². The average molecular weight is 289 g/mol. The summed E-state index contributed by atoms with van der Waals surface area (Å²) in [6.45, 7) is 1.69. The van der Waals surface area contributed by atoms with Crippen LogP contribution in [0.25, 0.3) is 10.7 Å². The van der Waals surface area contributed by atoms with Gasteiger partial charge in [0.15, 0.2) is 0 Å². The van der Waals surface area contributed by atoms with Crippen LogP contribution in [0.3, 0.4) is 0 Å². The lowest BCUT2D eigenvalue weighted by atomic mass is 10.3. The van der Waals surface area contributed by atoms with Crippen LogP contribution in [0.2, 0.25) is 0 Å². The summed E-state index contributed by atoms with van der Waals surface area (Å²) in [6.07, 6.45) is -0.0760. The van der Waals surface area contributed by atoms with Gasteiger partial charge in [0, 0.05) is 0 Å². The third-order valence-electron chi connectivity index (χ3n) is 1.73. The second-order valence-corrected chi connectivity index (χ2v) is 5.63. The van der Waals surface area contributed by atoms with E-state index in [2.05, 4.69) is 26.1 Å². The summed E-state index contributed by atoms with van der Waals surface area (Å²) in [4.78, 5) is 5.13. The van der Waals surface area contributed by atoms with Gasteiger partial charge in [0.1, 0.15) is 0 Å². The lowest BCUT2D eigenvalue weighted by Crippen LogP contribution is -2.04. The predicted molar refractivity (Wildman–Crippen MR) is 60.7 cm³/mol. The highest BCUT2D eigenvalue weighted by molar-refractivity contribution is 9.11. The Kier molecular flexibility index (Phi) is 3.18. The molecular formula is C9H9BrN2O2S. The van der Waals surface area contributed by atoms with E-state index in [1.165, 1.54) is 0 Å². The van der Waals surface area contributed by atoms with E-state index >= 15 is 0 Å². The van der Waals surface area contributed by atoms with Crippen LogP contribution in [-0.4, -0.2) is 21.4 Å². The van der Waals surface area contributed by atoms with Gasteiger partial charge in [-0.2, -0.15) is 4.98 Å². The van der Waals surface area contributed by atoms with Crippen LogP contribution in [0, 0.1) is 0 Å². The van der Waals surface area contributed by atoms with Crippen molar-refractivity contribution in [3.63, 3.8) is 0 Å². The van der Waals surface area contributed by atoms with Crippen LogP contribution in [0.5, 0.6) is 0 Å². The average Bonchev–Trinajstić information content (AvgIpc) is 2.72. The van der Waals surface area contributed by atoms with Crippen molar-refractivity contribution in [1.82, 2.24) is 10.1 Å². The molecule has 0 bridgehead atoms. The van der Waals surface area contributed by atoms with E-state index in [0.717, 1.165) is 8.66 Å². The summed E-state index contributed by atoms with van der Waals surface area (Å²) in [5, 5.41) is 13.0. The molecule has 2 rings (SSSR count). The number of nitrogens with zero attached hydrogens (tertiary/aromatic N) is 2. The summed E-state index contributed by atoms with van der Waals surface area (Å²) >= 11 is 4.91. The Morgan fingerprint density at radius 1 is 1.60 bits per heavy atom. The van der Waals surface area contributed by atoms with Crippen LogP contribution < -0.4 is 0 Å². The van der Waals surface area contributed by atoms with E-state index in [-0.39, 0.29) is 0 Å². The first-order chi connectivity index (χ1) is 7.15. The molecule has 0 saturated heterocycles. The van der Waals surface area contributed by atoms with Crippen molar-refractivity contribution in [2.24, 2.45) is 0 Å². The molecule has 1 unspecified atom stereocenters. The van der Waals surface area contributed by atoms with Gasteiger partial charge in [0.2, 0.25) is 11.7 Å². The number of aliphatic hydroxyl groups is 1. The number of halogens is 1. The largest absolute Gasteiger partial charge is 0.393 e. The summed E-state index contributed by atoms with van der Waals surface area (Å²) in [6, 6.07) is 3.86. The monoisotopic (exact) mass is 288 g/mol. The van der Waals surface area contributed by atoms with E-state index in [1.807, 2.05) is 12.1 Å². The SMILES string of the molecule is CC(O)Cc1nc(-c2ccc(Br)s2)no1. The van der Waals surface area contributed by atoms with Crippen LogP contribution in [-0.2, 0) is 6.42 Å². The number of hydrogen-bond donors (Lipinski definition) is 1. The molecule has 2 aromatic heterocycles. The van der Waals surface area contributed by atoms with E-state index in [4.69, 9.17) is 9.63 Å². The van der Waals surface area contributed by atoms with Gasteiger partial charge in [-0.1, -0.05) is 5.16 Å². The minimum Gasteiger partial charge on any atom is -0.393 e. The van der Waals surface area contributed by atoms with Gasteiger partial charge in [-0.25, -0.2) is 0 Å². The van der Waals surface area contributed by atoms with Gasteiger partial charge in [-0.15, -0.1) is 11.3 Å². The second-order valence-electron chi connectivity index (χ2n) is 3.17. The van der Waals surface area contributed by atoms with Crippen molar-refractivity contribution in [1.29, 1.82) is 0 Å². The maximum absolute atomic E-state index is 9.16. The van der Waals surface area contributed by atoms with Crippen LogP contribution in [0.4, 0.5) is 0 Å². The van der Waals surface area contributed by atoms with Gasteiger partial charge >= 0.3 is 0 Å². The molecule has 0 fully saturated rings. The van der Waals surface area contributed by atoms with Gasteiger partial charge in [0.05, 0.1) is 21.2 Å². The zero-order valence-electron chi connectivity index (χ0n) is 7.98. The zero-order chi connectivity index (χ0) is 10.8. The Bertz CT molecular complexity index is 452. The van der Waals surface area contributed by atoms with Gasteiger partial charge < -0.3 is 9.63 Å². The molecule has 4 nitrogen and oxygen atoms in total. The van der Waals surface area contributed by atoms with Crippen LogP contribution in [0.15, 0.2) is 20.4 Å². The number of rotatable bonds is 3. The van der Waals surface area contributed by atoms with Crippen LogP contribution >= 0.6 is 27.3 Å². The van der Waals surface area contributed by atoms with Crippen molar-refractivity contribution in [3.05, 3.63) is 21.8 Å². The molecule has 0 amide bonds. The number of hydrogen-bond acceptors (Lipinski definition) is 5. The fourth-order valence-electron chi connectivity index (χ4n) is 1.13. The van der Waals surface area contributed by atoms with Crippen LogP contribution in [0.1, 0.15) is 12.8 Å². The number of thiophene rings is 1. The fourth-order valence-corrected chi connectivity index (χ4v) is 2.44. The lowest BCUT2D eigenvalue weighted by Gasteiger charge is -1.95. The van der Waals surface area contributed by atoms with Crippen molar-refractivity contribution < 1.29 is 9.63 Å². The topological polar surface area (TPSA) is 59.2 Å². The minimum atomic E-state index is -0.464. The van der Waals surface area contributed by atoms with E-state index < -0.39 is 6.10 Å². The fraction of sp³-hybridized carbons (Fsp3) is 0.333. The summed E-state index contributed by atoms with van der Waals surface area (Å²) < 4.78 is 6.04. The minimum absolute atomic E-state index is 0.388.